The molecule has 2 aromatic rings. The molecule has 0 spiro atoms. The Bertz CT molecular complexity index is 678. The number of nitrogens with zero attached hydrogens (tertiary/aromatic N) is 1. The number of rotatable bonds is 3. The summed E-state index contributed by atoms with van der Waals surface area (Å²) in [6.07, 6.45) is 2.94. The lowest BCUT2D eigenvalue weighted by Crippen LogP contribution is -2.42. The summed E-state index contributed by atoms with van der Waals surface area (Å²) in [5, 5.41) is 9.13. The van der Waals surface area contributed by atoms with Gasteiger partial charge in [0, 0.05) is 24.2 Å². The van der Waals surface area contributed by atoms with Gasteiger partial charge in [0.1, 0.15) is 5.76 Å². The van der Waals surface area contributed by atoms with E-state index < -0.39 is 11.9 Å². The minimum absolute atomic E-state index is 0.126. The maximum absolute atomic E-state index is 12.6. The Balaban J connectivity index is 1.80. The van der Waals surface area contributed by atoms with Gasteiger partial charge in [-0.25, -0.2) is 0 Å². The predicted molar refractivity (Wildman–Crippen MR) is 80.4 cm³/mol. The summed E-state index contributed by atoms with van der Waals surface area (Å²) in [7, 11) is 0. The van der Waals surface area contributed by atoms with Crippen LogP contribution in [0.15, 0.2) is 47.1 Å². The second-order valence-electron chi connectivity index (χ2n) is 5.49. The van der Waals surface area contributed by atoms with Gasteiger partial charge in [-0.05, 0) is 37.1 Å². The Kier molecular flexibility index (Phi) is 3.96. The lowest BCUT2D eigenvalue weighted by Gasteiger charge is -2.30. The largest absolute Gasteiger partial charge is 0.481 e. The molecule has 1 atom stereocenters. The summed E-state index contributed by atoms with van der Waals surface area (Å²) < 4.78 is 5.35. The lowest BCUT2D eigenvalue weighted by atomic mass is 9.97. The standard InChI is InChI=1S/C17H17NO4/c19-16(18-8-2-6-14(11-18)17(20)21)13-5-1-4-12(10-13)15-7-3-9-22-15/h1,3-5,7,9-10,14H,2,6,8,11H2,(H,20,21). The first kappa shape index (κ1) is 14.4. The Morgan fingerprint density at radius 1 is 1.23 bits per heavy atom. The Morgan fingerprint density at radius 3 is 2.82 bits per heavy atom. The van der Waals surface area contributed by atoms with E-state index >= 15 is 0 Å². The van der Waals surface area contributed by atoms with E-state index in [2.05, 4.69) is 0 Å². The van der Waals surface area contributed by atoms with E-state index in [1.807, 2.05) is 18.2 Å². The monoisotopic (exact) mass is 299 g/mol. The predicted octanol–water partition coefficient (Wildman–Crippen LogP) is 2.88. The number of hydrogen-bond acceptors (Lipinski definition) is 3. The number of piperidine rings is 1. The van der Waals surface area contributed by atoms with Crippen molar-refractivity contribution in [2.45, 2.75) is 12.8 Å². The van der Waals surface area contributed by atoms with Crippen molar-refractivity contribution in [3.63, 3.8) is 0 Å². The van der Waals surface area contributed by atoms with Gasteiger partial charge in [0.05, 0.1) is 12.2 Å². The number of carbonyl (C=O) groups is 2. The number of aliphatic carboxylic acids is 1. The van der Waals surface area contributed by atoms with Crippen molar-refractivity contribution in [1.29, 1.82) is 0 Å². The van der Waals surface area contributed by atoms with Gasteiger partial charge < -0.3 is 14.4 Å². The maximum Gasteiger partial charge on any atom is 0.308 e. The second-order valence-corrected chi connectivity index (χ2v) is 5.49. The van der Waals surface area contributed by atoms with Crippen molar-refractivity contribution in [3.8, 4) is 11.3 Å². The molecule has 0 bridgehead atoms. The highest BCUT2D eigenvalue weighted by Gasteiger charge is 2.28. The van der Waals surface area contributed by atoms with Crippen LogP contribution in [0.4, 0.5) is 0 Å². The topological polar surface area (TPSA) is 70.8 Å². The Hall–Kier alpha value is -2.56. The van der Waals surface area contributed by atoms with Crippen LogP contribution in [0.5, 0.6) is 0 Å². The van der Waals surface area contributed by atoms with E-state index in [1.165, 1.54) is 0 Å². The summed E-state index contributed by atoms with van der Waals surface area (Å²) in [5.41, 5.74) is 1.39. The number of hydrogen-bond donors (Lipinski definition) is 1. The van der Waals surface area contributed by atoms with Crippen LogP contribution in [0.1, 0.15) is 23.2 Å². The molecular weight excluding hydrogens is 282 g/mol. The molecule has 2 heterocycles. The first-order valence-electron chi connectivity index (χ1n) is 7.31. The summed E-state index contributed by atoms with van der Waals surface area (Å²) in [4.78, 5) is 25.3. The van der Waals surface area contributed by atoms with Crippen LogP contribution < -0.4 is 0 Å². The number of carboxylic acids is 1. The maximum atomic E-state index is 12.6. The average molecular weight is 299 g/mol. The fraction of sp³-hybridized carbons (Fsp3) is 0.294. The number of amides is 1. The van der Waals surface area contributed by atoms with Gasteiger partial charge in [0.2, 0.25) is 0 Å². The first-order chi connectivity index (χ1) is 10.6. The van der Waals surface area contributed by atoms with E-state index in [9.17, 15) is 9.59 Å². The van der Waals surface area contributed by atoms with Gasteiger partial charge in [-0.2, -0.15) is 0 Å². The molecule has 0 radical (unpaired) electrons. The lowest BCUT2D eigenvalue weighted by molar-refractivity contribution is -0.143. The second kappa shape index (κ2) is 6.05. The molecule has 1 amide bonds. The van der Waals surface area contributed by atoms with Crippen molar-refractivity contribution in [3.05, 3.63) is 48.2 Å². The van der Waals surface area contributed by atoms with Crippen molar-refractivity contribution in [2.24, 2.45) is 5.92 Å². The third-order valence-corrected chi connectivity index (χ3v) is 3.97. The molecule has 1 aromatic carbocycles. The summed E-state index contributed by atoms with van der Waals surface area (Å²) >= 11 is 0. The SMILES string of the molecule is O=C(O)C1CCCN(C(=O)c2cccc(-c3ccco3)c2)C1. The van der Waals surface area contributed by atoms with Crippen molar-refractivity contribution in [1.82, 2.24) is 4.90 Å². The molecule has 1 fully saturated rings. The van der Waals surface area contributed by atoms with Gasteiger partial charge in [-0.15, -0.1) is 0 Å². The van der Waals surface area contributed by atoms with E-state index in [0.29, 0.717) is 24.3 Å². The molecule has 5 heteroatoms. The average Bonchev–Trinajstić information content (AvgIpc) is 3.09. The van der Waals surface area contributed by atoms with Gasteiger partial charge in [0.25, 0.3) is 5.91 Å². The van der Waals surface area contributed by atoms with Crippen LogP contribution in [-0.4, -0.2) is 35.0 Å². The molecule has 0 aliphatic carbocycles. The molecule has 1 unspecified atom stereocenters. The number of furan rings is 1. The van der Waals surface area contributed by atoms with Gasteiger partial charge in [-0.3, -0.25) is 9.59 Å². The van der Waals surface area contributed by atoms with Crippen LogP contribution >= 0.6 is 0 Å². The van der Waals surface area contributed by atoms with Crippen LogP contribution in [0, 0.1) is 5.92 Å². The molecule has 5 nitrogen and oxygen atoms in total. The normalized spacial score (nSPS) is 18.2. The van der Waals surface area contributed by atoms with Crippen LogP contribution in [-0.2, 0) is 4.79 Å². The quantitative estimate of drug-likeness (QED) is 0.946. The number of carbonyl (C=O) groups excluding carboxylic acids is 1. The zero-order valence-corrected chi connectivity index (χ0v) is 12.1. The highest BCUT2D eigenvalue weighted by atomic mass is 16.4. The van der Waals surface area contributed by atoms with E-state index in [1.54, 1.807) is 29.4 Å². The van der Waals surface area contributed by atoms with E-state index in [-0.39, 0.29) is 12.5 Å². The molecule has 1 aromatic heterocycles. The molecule has 1 aliphatic rings. The van der Waals surface area contributed by atoms with Crippen LogP contribution in [0.3, 0.4) is 0 Å². The molecule has 1 saturated heterocycles. The molecule has 1 aliphatic heterocycles. The fourth-order valence-corrected chi connectivity index (χ4v) is 2.79. The summed E-state index contributed by atoms with van der Waals surface area (Å²) in [6.45, 7) is 0.882. The third kappa shape index (κ3) is 2.88. The Labute approximate surface area is 128 Å². The highest BCUT2D eigenvalue weighted by Crippen LogP contribution is 2.23. The summed E-state index contributed by atoms with van der Waals surface area (Å²) in [5.74, 6) is -0.719. The molecular formula is C17H17NO4. The minimum atomic E-state index is -0.832. The molecule has 1 N–H and O–H groups in total. The van der Waals surface area contributed by atoms with Crippen LogP contribution in [0.2, 0.25) is 0 Å². The van der Waals surface area contributed by atoms with E-state index in [4.69, 9.17) is 9.52 Å². The van der Waals surface area contributed by atoms with Gasteiger partial charge in [-0.1, -0.05) is 12.1 Å². The smallest absolute Gasteiger partial charge is 0.308 e. The zero-order chi connectivity index (χ0) is 15.5. The number of benzene rings is 1. The minimum Gasteiger partial charge on any atom is -0.481 e. The number of carboxylic acid groups (broad SMARTS) is 1. The fourth-order valence-electron chi connectivity index (χ4n) is 2.79. The van der Waals surface area contributed by atoms with Crippen molar-refractivity contribution < 1.29 is 19.1 Å². The molecule has 22 heavy (non-hydrogen) atoms. The van der Waals surface area contributed by atoms with Gasteiger partial charge in [0.15, 0.2) is 0 Å². The third-order valence-electron chi connectivity index (χ3n) is 3.97. The van der Waals surface area contributed by atoms with E-state index in [0.717, 1.165) is 12.0 Å². The van der Waals surface area contributed by atoms with Crippen molar-refractivity contribution in [2.75, 3.05) is 13.1 Å². The molecule has 114 valence electrons. The first-order valence-corrected chi connectivity index (χ1v) is 7.31. The molecule has 3 rings (SSSR count). The Morgan fingerprint density at radius 2 is 2.09 bits per heavy atom. The van der Waals surface area contributed by atoms with Crippen LogP contribution in [0.25, 0.3) is 11.3 Å². The number of likely N-dealkylation sites (tertiary alicyclic amines) is 1. The van der Waals surface area contributed by atoms with Gasteiger partial charge >= 0.3 is 5.97 Å². The highest BCUT2D eigenvalue weighted by molar-refractivity contribution is 5.95. The summed E-state index contributed by atoms with van der Waals surface area (Å²) in [6, 6.07) is 10.9. The van der Waals surface area contributed by atoms with Crippen molar-refractivity contribution >= 4 is 11.9 Å². The molecule has 0 saturated carbocycles. The zero-order valence-electron chi connectivity index (χ0n) is 12.1.